The van der Waals surface area contributed by atoms with Crippen LogP contribution in [0.5, 0.6) is 11.5 Å². The van der Waals surface area contributed by atoms with Crippen molar-refractivity contribution in [3.63, 3.8) is 0 Å². The van der Waals surface area contributed by atoms with Gasteiger partial charge < -0.3 is 10.1 Å². The van der Waals surface area contributed by atoms with Crippen LogP contribution < -0.4 is 10.1 Å². The van der Waals surface area contributed by atoms with E-state index in [-0.39, 0.29) is 30.0 Å². The first-order valence-corrected chi connectivity index (χ1v) is 14.0. The average molecular weight is 579 g/mol. The number of nitrogens with one attached hydrogen (secondary N) is 1. The molecule has 0 aliphatic carbocycles. The summed E-state index contributed by atoms with van der Waals surface area (Å²) in [5.74, 6) is 0.125. The normalized spacial score (nSPS) is 12.3. The van der Waals surface area contributed by atoms with Gasteiger partial charge >= 0.3 is 0 Å². The first-order chi connectivity index (χ1) is 21.4. The van der Waals surface area contributed by atoms with Crippen molar-refractivity contribution in [2.24, 2.45) is 0 Å². The molecule has 1 heterocycles. The summed E-state index contributed by atoms with van der Waals surface area (Å²) in [6, 6.07) is 37.0. The molecule has 0 atom stereocenters. The Morgan fingerprint density at radius 1 is 0.659 bits per heavy atom. The largest absolute Gasteiger partial charge is 0.457 e. The molecule has 0 unspecified atom stereocenters. The molecule has 1 aliphatic rings. The minimum absolute atomic E-state index is 0.0482. The van der Waals surface area contributed by atoms with Crippen molar-refractivity contribution in [1.29, 1.82) is 0 Å². The van der Waals surface area contributed by atoms with Crippen molar-refractivity contribution in [1.82, 2.24) is 4.90 Å². The fraction of sp³-hybridized carbons (Fsp3) is 0.0270. The summed E-state index contributed by atoms with van der Waals surface area (Å²) in [6.07, 6.45) is 3.20. The van der Waals surface area contributed by atoms with E-state index in [2.05, 4.69) is 5.32 Å². The Kier molecular flexibility index (Phi) is 7.92. The van der Waals surface area contributed by atoms with E-state index in [4.69, 9.17) is 4.74 Å². The highest BCUT2D eigenvalue weighted by Crippen LogP contribution is 2.25. The van der Waals surface area contributed by atoms with E-state index >= 15 is 0 Å². The van der Waals surface area contributed by atoms with Crippen LogP contribution in [0.15, 0.2) is 133 Å². The molecule has 0 spiro atoms. The van der Waals surface area contributed by atoms with Crippen LogP contribution in [0.4, 0.5) is 5.69 Å². The Balaban J connectivity index is 1.08. The highest BCUT2D eigenvalue weighted by molar-refractivity contribution is 6.21. The summed E-state index contributed by atoms with van der Waals surface area (Å²) < 4.78 is 5.81. The first-order valence-electron chi connectivity index (χ1n) is 14.0. The number of carbonyl (C=O) groups excluding carboxylic acids is 4. The van der Waals surface area contributed by atoms with Gasteiger partial charge in [0, 0.05) is 16.8 Å². The van der Waals surface area contributed by atoms with E-state index in [1.54, 1.807) is 78.9 Å². The number of ketones is 1. The Labute approximate surface area is 254 Å². The van der Waals surface area contributed by atoms with Crippen LogP contribution in [0, 0.1) is 0 Å². The van der Waals surface area contributed by atoms with E-state index in [1.807, 2.05) is 54.6 Å². The Hall–Kier alpha value is -6.08. The third-order valence-corrected chi connectivity index (χ3v) is 7.10. The summed E-state index contributed by atoms with van der Waals surface area (Å²) in [5.41, 5.74) is 3.47. The zero-order valence-electron chi connectivity index (χ0n) is 23.5. The summed E-state index contributed by atoms with van der Waals surface area (Å²) >= 11 is 0. The molecule has 3 amide bonds. The number of hydrogen-bond donors (Lipinski definition) is 1. The highest BCUT2D eigenvalue weighted by Gasteiger charge is 2.35. The van der Waals surface area contributed by atoms with Crippen molar-refractivity contribution in [2.75, 3.05) is 5.32 Å². The maximum Gasteiger partial charge on any atom is 0.261 e. The molecule has 0 radical (unpaired) electrons. The Bertz CT molecular complexity index is 1880. The lowest BCUT2D eigenvalue weighted by Crippen LogP contribution is -2.29. The van der Waals surface area contributed by atoms with Gasteiger partial charge in [0.15, 0.2) is 5.78 Å². The van der Waals surface area contributed by atoms with Gasteiger partial charge in [-0.2, -0.15) is 0 Å². The Morgan fingerprint density at radius 3 is 2.02 bits per heavy atom. The summed E-state index contributed by atoms with van der Waals surface area (Å²) in [4.78, 5) is 52.6. The standard InChI is InChI=1S/C37H26N2O5/c40-34(21-18-25-16-19-31(20-17-25)44-30-12-2-1-3-13-30)27-9-7-11-29(23-27)38-35(41)28-10-6-8-26(22-28)24-39-36(42)32-14-4-5-15-33(32)37(39)43/h1-23H,24H2,(H,38,41)/b21-18+. The van der Waals surface area contributed by atoms with Gasteiger partial charge in [-0.15, -0.1) is 0 Å². The van der Waals surface area contributed by atoms with Gasteiger partial charge in [0.25, 0.3) is 17.7 Å². The molecular weight excluding hydrogens is 552 g/mol. The quantitative estimate of drug-likeness (QED) is 0.112. The molecular formula is C37H26N2O5. The van der Waals surface area contributed by atoms with Gasteiger partial charge in [0.1, 0.15) is 11.5 Å². The second-order valence-electron chi connectivity index (χ2n) is 10.2. The number of hydrogen-bond acceptors (Lipinski definition) is 5. The van der Waals surface area contributed by atoms with Gasteiger partial charge in [-0.3, -0.25) is 24.1 Å². The monoisotopic (exact) mass is 578 g/mol. The lowest BCUT2D eigenvalue weighted by Gasteiger charge is -2.14. The number of carbonyl (C=O) groups is 4. The van der Waals surface area contributed by atoms with Crippen LogP contribution >= 0.6 is 0 Å². The first kappa shape index (κ1) is 28.1. The number of imide groups is 1. The van der Waals surface area contributed by atoms with E-state index in [0.29, 0.717) is 39.3 Å². The van der Waals surface area contributed by atoms with Gasteiger partial charge in [-0.25, -0.2) is 0 Å². The van der Waals surface area contributed by atoms with Gasteiger partial charge in [0.05, 0.1) is 17.7 Å². The molecule has 0 bridgehead atoms. The zero-order valence-corrected chi connectivity index (χ0v) is 23.5. The number of fused-ring (bicyclic) bond motifs is 1. The lowest BCUT2D eigenvalue weighted by atomic mass is 10.1. The maximum absolute atomic E-state index is 13.1. The number of para-hydroxylation sites is 1. The maximum atomic E-state index is 13.1. The molecule has 6 rings (SSSR count). The summed E-state index contributed by atoms with van der Waals surface area (Å²) in [7, 11) is 0. The minimum Gasteiger partial charge on any atom is -0.457 e. The molecule has 5 aromatic carbocycles. The summed E-state index contributed by atoms with van der Waals surface area (Å²) in [6.45, 7) is 0.0482. The van der Waals surface area contributed by atoms with Gasteiger partial charge in [-0.05, 0) is 77.9 Å². The van der Waals surface area contributed by atoms with Crippen LogP contribution in [0.2, 0.25) is 0 Å². The molecule has 0 fully saturated rings. The van der Waals surface area contributed by atoms with Crippen molar-refractivity contribution in [3.05, 3.63) is 167 Å². The van der Waals surface area contributed by atoms with Crippen LogP contribution in [0.1, 0.15) is 52.6 Å². The fourth-order valence-corrected chi connectivity index (χ4v) is 4.87. The van der Waals surface area contributed by atoms with Crippen LogP contribution in [0.3, 0.4) is 0 Å². The summed E-state index contributed by atoms with van der Waals surface area (Å²) in [5, 5.41) is 2.83. The number of benzene rings is 5. The molecule has 1 N–H and O–H groups in total. The van der Waals surface area contributed by atoms with Crippen molar-refractivity contribution in [3.8, 4) is 11.5 Å². The van der Waals surface area contributed by atoms with Crippen LogP contribution in [0.25, 0.3) is 6.08 Å². The molecule has 44 heavy (non-hydrogen) atoms. The van der Waals surface area contributed by atoms with Gasteiger partial charge in [-0.1, -0.05) is 72.8 Å². The van der Waals surface area contributed by atoms with E-state index in [9.17, 15) is 19.2 Å². The molecule has 5 aromatic rings. The molecule has 0 saturated heterocycles. The second kappa shape index (κ2) is 12.4. The number of allylic oxidation sites excluding steroid dienone is 1. The molecule has 0 aromatic heterocycles. The van der Waals surface area contributed by atoms with Crippen molar-refractivity contribution in [2.45, 2.75) is 6.54 Å². The number of anilines is 1. The third-order valence-electron chi connectivity index (χ3n) is 7.10. The number of amides is 3. The van der Waals surface area contributed by atoms with Crippen LogP contribution in [-0.4, -0.2) is 28.4 Å². The van der Waals surface area contributed by atoms with E-state index in [1.165, 1.54) is 11.0 Å². The van der Waals surface area contributed by atoms with Gasteiger partial charge in [0.2, 0.25) is 0 Å². The molecule has 7 nitrogen and oxygen atoms in total. The number of rotatable bonds is 9. The van der Waals surface area contributed by atoms with Crippen molar-refractivity contribution >= 4 is 35.3 Å². The third kappa shape index (κ3) is 6.22. The van der Waals surface area contributed by atoms with E-state index < -0.39 is 0 Å². The molecule has 214 valence electrons. The minimum atomic E-state index is -0.382. The number of ether oxygens (including phenoxy) is 1. The predicted molar refractivity (Wildman–Crippen MR) is 168 cm³/mol. The zero-order chi connectivity index (χ0) is 30.5. The number of nitrogens with zero attached hydrogens (tertiary/aromatic N) is 1. The lowest BCUT2D eigenvalue weighted by molar-refractivity contribution is 0.0642. The fourth-order valence-electron chi connectivity index (χ4n) is 4.87. The van der Waals surface area contributed by atoms with E-state index in [0.717, 1.165) is 11.3 Å². The molecule has 1 aliphatic heterocycles. The smallest absolute Gasteiger partial charge is 0.261 e. The Morgan fingerprint density at radius 2 is 1.30 bits per heavy atom. The molecule has 0 saturated carbocycles. The topological polar surface area (TPSA) is 92.8 Å². The van der Waals surface area contributed by atoms with Crippen molar-refractivity contribution < 1.29 is 23.9 Å². The highest BCUT2D eigenvalue weighted by atomic mass is 16.5. The molecule has 7 heteroatoms. The average Bonchev–Trinajstić information content (AvgIpc) is 3.30. The van der Waals surface area contributed by atoms with Crippen LogP contribution in [-0.2, 0) is 6.54 Å². The second-order valence-corrected chi connectivity index (χ2v) is 10.2. The predicted octanol–water partition coefficient (Wildman–Crippen LogP) is 7.42. The SMILES string of the molecule is O=C(/C=C/c1ccc(Oc2ccccc2)cc1)c1cccc(NC(=O)c2cccc(CN3C(=O)c4ccccc4C3=O)c2)c1.